The number of rotatable bonds is 3. The average Bonchev–Trinajstić information content (AvgIpc) is 3.28. The van der Waals surface area contributed by atoms with E-state index in [4.69, 9.17) is 16.1 Å². The number of hydrogen-bond acceptors (Lipinski definition) is 6. The molecule has 0 radical (unpaired) electrons. The number of carbonyl (C=O) groups excluding carboxylic acids is 1. The van der Waals surface area contributed by atoms with Crippen LogP contribution in [-0.2, 0) is 5.54 Å². The first-order valence-electron chi connectivity index (χ1n) is 9.17. The van der Waals surface area contributed by atoms with Gasteiger partial charge in [0.2, 0.25) is 0 Å². The van der Waals surface area contributed by atoms with Crippen molar-refractivity contribution in [1.82, 2.24) is 24.6 Å². The second-order valence-electron chi connectivity index (χ2n) is 7.77. The molecule has 0 aliphatic heterocycles. The zero-order chi connectivity index (χ0) is 21.6. The topological polar surface area (TPSA) is 108 Å². The molecule has 3 aromatic heterocycles. The highest BCUT2D eigenvalue weighted by Gasteiger charge is 2.24. The van der Waals surface area contributed by atoms with Gasteiger partial charge in [0.15, 0.2) is 5.65 Å². The van der Waals surface area contributed by atoms with Crippen molar-refractivity contribution in [1.29, 1.82) is 0 Å². The molecule has 0 aliphatic rings. The van der Waals surface area contributed by atoms with Gasteiger partial charge in [-0.1, -0.05) is 35.0 Å². The van der Waals surface area contributed by atoms with E-state index in [1.54, 1.807) is 35.9 Å². The van der Waals surface area contributed by atoms with Gasteiger partial charge in [-0.3, -0.25) is 15.0 Å². The summed E-state index contributed by atoms with van der Waals surface area (Å²) in [5.74, 6) is -0.278. The highest BCUT2D eigenvalue weighted by atomic mass is 35.5. The van der Waals surface area contributed by atoms with Crippen LogP contribution in [0.3, 0.4) is 0 Å². The molecular weight excluding hydrogens is 408 g/mol. The summed E-state index contributed by atoms with van der Waals surface area (Å²) in [6.07, 6.45) is 2.70. The van der Waals surface area contributed by atoms with Crippen LogP contribution in [-0.4, -0.2) is 30.5 Å². The van der Waals surface area contributed by atoms with Crippen molar-refractivity contribution in [3.8, 4) is 11.3 Å². The summed E-state index contributed by atoms with van der Waals surface area (Å²) in [5, 5.41) is 8.96. The third-order valence-corrected chi connectivity index (χ3v) is 4.89. The monoisotopic (exact) mass is 426 g/mol. The fourth-order valence-electron chi connectivity index (χ4n) is 3.12. The Kier molecular flexibility index (Phi) is 4.70. The van der Waals surface area contributed by atoms with Crippen LogP contribution in [0, 0.1) is 6.92 Å². The minimum Gasteiger partial charge on any atom is -0.360 e. The van der Waals surface area contributed by atoms with Gasteiger partial charge in [0, 0.05) is 5.56 Å². The van der Waals surface area contributed by atoms with Crippen molar-refractivity contribution in [2.24, 2.45) is 0 Å². The summed E-state index contributed by atoms with van der Waals surface area (Å²) in [6, 6.07) is 6.98. The van der Waals surface area contributed by atoms with Gasteiger partial charge >= 0.3 is 0 Å². The molecule has 0 atom stereocenters. The normalized spacial score (nSPS) is 11.8. The van der Waals surface area contributed by atoms with Gasteiger partial charge in [0.05, 0.1) is 16.8 Å². The van der Waals surface area contributed by atoms with Crippen molar-refractivity contribution in [2.75, 3.05) is 5.43 Å². The highest BCUT2D eigenvalue weighted by Crippen LogP contribution is 2.31. The minimum absolute atomic E-state index is 0.181. The molecule has 1 N–H and O–H groups in total. The van der Waals surface area contributed by atoms with Crippen molar-refractivity contribution < 1.29 is 9.32 Å². The number of fused-ring (bicyclic) bond motifs is 1. The lowest BCUT2D eigenvalue weighted by Gasteiger charge is -2.19. The van der Waals surface area contributed by atoms with Crippen LogP contribution in [0.25, 0.3) is 22.3 Å². The average molecular weight is 427 g/mol. The van der Waals surface area contributed by atoms with Gasteiger partial charge in [-0.25, -0.2) is 14.3 Å². The van der Waals surface area contributed by atoms with Crippen molar-refractivity contribution in [2.45, 2.75) is 33.2 Å². The number of amides is 1. The van der Waals surface area contributed by atoms with Crippen LogP contribution in [0.15, 0.2) is 46.1 Å². The Morgan fingerprint density at radius 3 is 2.67 bits per heavy atom. The van der Waals surface area contributed by atoms with Crippen LogP contribution in [0.4, 0.5) is 0 Å². The lowest BCUT2D eigenvalue weighted by Crippen LogP contribution is -2.34. The van der Waals surface area contributed by atoms with Gasteiger partial charge < -0.3 is 4.52 Å². The maximum absolute atomic E-state index is 13.0. The number of hydrogen-bond donors (Lipinski definition) is 1. The van der Waals surface area contributed by atoms with E-state index in [2.05, 4.69) is 20.7 Å². The van der Waals surface area contributed by atoms with Crippen LogP contribution >= 0.6 is 11.6 Å². The van der Waals surface area contributed by atoms with Gasteiger partial charge in [-0.2, -0.15) is 5.10 Å². The maximum atomic E-state index is 13.0. The lowest BCUT2D eigenvalue weighted by atomic mass is 10.1. The third-order valence-electron chi connectivity index (χ3n) is 4.56. The Bertz CT molecular complexity index is 1330. The summed E-state index contributed by atoms with van der Waals surface area (Å²) in [4.78, 5) is 30.2. The molecule has 0 saturated carbocycles. The largest absolute Gasteiger partial charge is 0.360 e. The number of aromatic nitrogens is 5. The Hall–Kier alpha value is -3.46. The van der Waals surface area contributed by atoms with E-state index in [1.807, 2.05) is 20.8 Å². The molecule has 154 valence electrons. The van der Waals surface area contributed by atoms with Crippen LogP contribution in [0.2, 0.25) is 5.02 Å². The van der Waals surface area contributed by atoms with Crippen molar-refractivity contribution in [3.63, 3.8) is 0 Å². The fraction of sp³-hybridized carbons (Fsp3) is 0.250. The summed E-state index contributed by atoms with van der Waals surface area (Å²) in [7, 11) is 0. The minimum atomic E-state index is -0.574. The molecule has 0 fully saturated rings. The fourth-order valence-corrected chi connectivity index (χ4v) is 3.35. The van der Waals surface area contributed by atoms with Crippen LogP contribution in [0.5, 0.6) is 0 Å². The molecule has 0 aliphatic carbocycles. The number of benzene rings is 1. The molecule has 0 bridgehead atoms. The first kappa shape index (κ1) is 19.8. The maximum Gasteiger partial charge on any atom is 0.283 e. The van der Waals surface area contributed by atoms with Crippen molar-refractivity contribution in [3.05, 3.63) is 63.5 Å². The van der Waals surface area contributed by atoms with Gasteiger partial charge in [0.1, 0.15) is 28.7 Å². The van der Waals surface area contributed by atoms with Crippen LogP contribution in [0.1, 0.15) is 36.9 Å². The van der Waals surface area contributed by atoms with E-state index in [-0.39, 0.29) is 11.1 Å². The summed E-state index contributed by atoms with van der Waals surface area (Å²) < 4.78 is 7.90. The smallest absolute Gasteiger partial charge is 0.283 e. The van der Waals surface area contributed by atoms with Crippen LogP contribution < -0.4 is 11.0 Å². The van der Waals surface area contributed by atoms with E-state index in [1.165, 1.54) is 12.5 Å². The molecule has 0 unspecified atom stereocenters. The Morgan fingerprint density at radius 1 is 1.23 bits per heavy atom. The molecule has 9 nitrogen and oxygen atoms in total. The molecule has 4 rings (SSSR count). The predicted molar refractivity (Wildman–Crippen MR) is 112 cm³/mol. The molecule has 0 spiro atoms. The summed E-state index contributed by atoms with van der Waals surface area (Å²) in [5.41, 5.74) is 3.21. The molecular formula is C20H19ClN6O3. The Morgan fingerprint density at radius 2 is 1.97 bits per heavy atom. The number of halogens is 1. The third kappa shape index (κ3) is 3.26. The lowest BCUT2D eigenvalue weighted by molar-refractivity contribution is 0.101. The first-order valence-corrected chi connectivity index (χ1v) is 9.54. The molecule has 4 aromatic rings. The molecule has 10 heteroatoms. The number of carbonyl (C=O) groups is 1. The Labute approximate surface area is 176 Å². The van der Waals surface area contributed by atoms with E-state index in [0.29, 0.717) is 33.1 Å². The van der Waals surface area contributed by atoms with Gasteiger partial charge in [-0.15, -0.1) is 0 Å². The standard InChI is InChI=1S/C20H19ClN6O3/c1-11-15(16(25-30-11)12-7-5-6-8-14(12)21)18(28)24-26-10-22-17-13(19(26)29)9-23-27(17)20(2,3)4/h5-10H,1-4H3,(H,24,28). The predicted octanol–water partition coefficient (Wildman–Crippen LogP) is 3.35. The number of aryl methyl sites for hydroxylation is 1. The van der Waals surface area contributed by atoms with Crippen molar-refractivity contribution >= 4 is 28.5 Å². The summed E-state index contributed by atoms with van der Waals surface area (Å²) >= 11 is 6.25. The number of nitrogens with zero attached hydrogens (tertiary/aromatic N) is 5. The zero-order valence-corrected chi connectivity index (χ0v) is 17.6. The summed E-state index contributed by atoms with van der Waals surface area (Å²) in [6.45, 7) is 7.48. The zero-order valence-electron chi connectivity index (χ0n) is 16.8. The van der Waals surface area contributed by atoms with E-state index in [9.17, 15) is 9.59 Å². The highest BCUT2D eigenvalue weighted by molar-refractivity contribution is 6.33. The van der Waals surface area contributed by atoms with Gasteiger partial charge in [-0.05, 0) is 33.8 Å². The van der Waals surface area contributed by atoms with E-state index >= 15 is 0 Å². The number of nitrogens with one attached hydrogen (secondary N) is 1. The Balaban J connectivity index is 1.73. The molecule has 1 amide bonds. The first-order chi connectivity index (χ1) is 14.2. The molecule has 1 aromatic carbocycles. The van der Waals surface area contributed by atoms with Gasteiger partial charge in [0.25, 0.3) is 11.5 Å². The second-order valence-corrected chi connectivity index (χ2v) is 8.17. The van der Waals surface area contributed by atoms with E-state index in [0.717, 1.165) is 4.68 Å². The molecule has 30 heavy (non-hydrogen) atoms. The molecule has 3 heterocycles. The SMILES string of the molecule is Cc1onc(-c2ccccc2Cl)c1C(=O)Nn1cnc2c(cnn2C(C)(C)C)c1=O. The quantitative estimate of drug-likeness (QED) is 0.538. The second kappa shape index (κ2) is 7.10. The van der Waals surface area contributed by atoms with E-state index < -0.39 is 11.5 Å². The molecule has 0 saturated heterocycles.